The van der Waals surface area contributed by atoms with Gasteiger partial charge in [0.2, 0.25) is 5.60 Å². The normalized spacial score (nSPS) is 19.9. The van der Waals surface area contributed by atoms with Gasteiger partial charge in [0.05, 0.1) is 5.71 Å². The van der Waals surface area contributed by atoms with Crippen molar-refractivity contribution in [3.05, 3.63) is 59.5 Å². The Labute approximate surface area is 133 Å². The van der Waals surface area contributed by atoms with Gasteiger partial charge in [0, 0.05) is 18.2 Å². The Bertz CT molecular complexity index is 791. The van der Waals surface area contributed by atoms with Gasteiger partial charge in [-0.1, -0.05) is 23.4 Å². The monoisotopic (exact) mass is 313 g/mol. The molecule has 1 atom stereocenters. The molecule has 0 unspecified atom stereocenters. The topological polar surface area (TPSA) is 63.6 Å². The maximum Gasteiger partial charge on any atom is 0.272 e. The summed E-state index contributed by atoms with van der Waals surface area (Å²) < 4.78 is 13.8. The molecule has 0 fully saturated rings. The minimum atomic E-state index is -1.19. The van der Waals surface area contributed by atoms with Crippen molar-refractivity contribution < 1.29 is 14.0 Å². The van der Waals surface area contributed by atoms with E-state index in [0.717, 1.165) is 5.56 Å². The second kappa shape index (κ2) is 5.79. The highest BCUT2D eigenvalue weighted by Gasteiger charge is 2.42. The molecular weight excluding hydrogens is 297 g/mol. The van der Waals surface area contributed by atoms with Crippen molar-refractivity contribution >= 4 is 17.4 Å². The maximum absolute atomic E-state index is 13.8. The molecule has 1 aromatic heterocycles. The number of anilines is 1. The van der Waals surface area contributed by atoms with E-state index in [-0.39, 0.29) is 18.1 Å². The molecular formula is C17H16FN3O2. The number of pyridine rings is 1. The molecule has 2 heterocycles. The number of carbonyl (C=O) groups is 1. The lowest BCUT2D eigenvalue weighted by Gasteiger charge is -2.20. The smallest absolute Gasteiger partial charge is 0.272 e. The fraction of sp³-hybridized carbons (Fsp3) is 0.235. The molecule has 118 valence electrons. The number of rotatable bonds is 3. The lowest BCUT2D eigenvalue weighted by molar-refractivity contribution is -0.135. The van der Waals surface area contributed by atoms with Crippen molar-refractivity contribution in [2.24, 2.45) is 5.16 Å². The predicted molar refractivity (Wildman–Crippen MR) is 84.6 cm³/mol. The fourth-order valence-corrected chi connectivity index (χ4v) is 2.35. The minimum absolute atomic E-state index is 0.186. The molecule has 1 aromatic carbocycles. The Morgan fingerprint density at radius 2 is 2.13 bits per heavy atom. The lowest BCUT2D eigenvalue weighted by Crippen LogP contribution is -2.40. The summed E-state index contributed by atoms with van der Waals surface area (Å²) in [7, 11) is 0. The fourth-order valence-electron chi connectivity index (χ4n) is 2.35. The van der Waals surface area contributed by atoms with Crippen molar-refractivity contribution in [3.8, 4) is 0 Å². The zero-order valence-corrected chi connectivity index (χ0v) is 12.8. The van der Waals surface area contributed by atoms with Gasteiger partial charge in [0.25, 0.3) is 5.91 Å². The van der Waals surface area contributed by atoms with Gasteiger partial charge in [0.1, 0.15) is 11.6 Å². The second-order valence-corrected chi connectivity index (χ2v) is 5.69. The Morgan fingerprint density at radius 1 is 1.35 bits per heavy atom. The van der Waals surface area contributed by atoms with Crippen LogP contribution in [0.3, 0.4) is 0 Å². The van der Waals surface area contributed by atoms with Crippen LogP contribution in [0, 0.1) is 12.7 Å². The third-order valence-corrected chi connectivity index (χ3v) is 3.68. The van der Waals surface area contributed by atoms with E-state index in [9.17, 15) is 9.18 Å². The molecule has 1 amide bonds. The first-order valence-corrected chi connectivity index (χ1v) is 7.22. The van der Waals surface area contributed by atoms with Crippen molar-refractivity contribution in [2.75, 3.05) is 5.32 Å². The molecule has 0 saturated heterocycles. The molecule has 0 spiro atoms. The summed E-state index contributed by atoms with van der Waals surface area (Å²) >= 11 is 0. The van der Waals surface area contributed by atoms with Gasteiger partial charge >= 0.3 is 0 Å². The van der Waals surface area contributed by atoms with Crippen LogP contribution in [0.25, 0.3) is 0 Å². The molecule has 1 aliphatic heterocycles. The van der Waals surface area contributed by atoms with Crippen LogP contribution in [0.5, 0.6) is 0 Å². The van der Waals surface area contributed by atoms with E-state index in [1.165, 1.54) is 6.07 Å². The van der Waals surface area contributed by atoms with Crippen molar-refractivity contribution in [1.82, 2.24) is 4.98 Å². The average molecular weight is 313 g/mol. The van der Waals surface area contributed by atoms with Gasteiger partial charge in [0.15, 0.2) is 0 Å². The third kappa shape index (κ3) is 3.06. The maximum atomic E-state index is 13.8. The SMILES string of the molecule is Cc1ccnc(NC(=O)[C@]2(C)CC(c3ccccc3F)=NO2)c1. The Kier molecular flexibility index (Phi) is 3.82. The number of halogens is 1. The van der Waals surface area contributed by atoms with Gasteiger partial charge in [-0.3, -0.25) is 4.79 Å². The molecule has 3 rings (SSSR count). The van der Waals surface area contributed by atoms with Crippen LogP contribution in [-0.2, 0) is 9.63 Å². The quantitative estimate of drug-likeness (QED) is 0.947. The first kappa shape index (κ1) is 15.1. The van der Waals surface area contributed by atoms with Crippen LogP contribution in [0.2, 0.25) is 0 Å². The average Bonchev–Trinajstić information content (AvgIpc) is 2.91. The molecule has 23 heavy (non-hydrogen) atoms. The van der Waals surface area contributed by atoms with Crippen LogP contribution in [0.1, 0.15) is 24.5 Å². The minimum Gasteiger partial charge on any atom is -0.379 e. The summed E-state index contributed by atoms with van der Waals surface area (Å²) in [4.78, 5) is 21.9. The molecule has 0 radical (unpaired) electrons. The summed E-state index contributed by atoms with van der Waals surface area (Å²) in [6.07, 6.45) is 1.80. The van der Waals surface area contributed by atoms with E-state index in [4.69, 9.17) is 4.84 Å². The van der Waals surface area contributed by atoms with Gasteiger partial charge in [-0.15, -0.1) is 0 Å². The van der Waals surface area contributed by atoms with Gasteiger partial charge < -0.3 is 10.2 Å². The standard InChI is InChI=1S/C17H16FN3O2/c1-11-7-8-19-15(9-11)20-16(22)17(2)10-14(21-23-17)12-5-3-4-6-13(12)18/h3-9H,10H2,1-2H3,(H,19,20,22)/t17-/m0/s1. The van der Waals surface area contributed by atoms with Crippen molar-refractivity contribution in [2.45, 2.75) is 25.9 Å². The van der Waals surface area contributed by atoms with Gasteiger partial charge in [-0.2, -0.15) is 0 Å². The summed E-state index contributed by atoms with van der Waals surface area (Å²) in [5, 5.41) is 6.61. The van der Waals surface area contributed by atoms with Crippen LogP contribution in [0.4, 0.5) is 10.2 Å². The number of aromatic nitrogens is 1. The van der Waals surface area contributed by atoms with Gasteiger partial charge in [-0.05, 0) is 37.6 Å². The molecule has 1 aliphatic rings. The van der Waals surface area contributed by atoms with E-state index >= 15 is 0 Å². The molecule has 2 aromatic rings. The number of carbonyl (C=O) groups excluding carboxylic acids is 1. The largest absolute Gasteiger partial charge is 0.379 e. The number of benzene rings is 1. The molecule has 0 bridgehead atoms. The number of nitrogens with zero attached hydrogens (tertiary/aromatic N) is 2. The van der Waals surface area contributed by atoms with Crippen molar-refractivity contribution in [1.29, 1.82) is 0 Å². The van der Waals surface area contributed by atoms with E-state index in [0.29, 0.717) is 17.1 Å². The zero-order valence-electron chi connectivity index (χ0n) is 12.8. The number of aryl methyl sites for hydroxylation is 1. The number of oxime groups is 1. The van der Waals surface area contributed by atoms with E-state index in [1.807, 2.05) is 13.0 Å². The van der Waals surface area contributed by atoms with Crippen LogP contribution >= 0.6 is 0 Å². The highest BCUT2D eigenvalue weighted by atomic mass is 19.1. The summed E-state index contributed by atoms with van der Waals surface area (Å²) in [5.41, 5.74) is 0.551. The van der Waals surface area contributed by atoms with E-state index in [1.54, 1.807) is 37.4 Å². The molecule has 1 N–H and O–H groups in total. The Balaban J connectivity index is 1.74. The molecule has 6 heteroatoms. The molecule has 5 nitrogen and oxygen atoms in total. The highest BCUT2D eigenvalue weighted by Crippen LogP contribution is 2.28. The molecule has 0 saturated carbocycles. The predicted octanol–water partition coefficient (Wildman–Crippen LogP) is 3.05. The summed E-state index contributed by atoms with van der Waals surface area (Å²) in [6.45, 7) is 3.53. The lowest BCUT2D eigenvalue weighted by atomic mass is 9.95. The van der Waals surface area contributed by atoms with E-state index < -0.39 is 5.60 Å². The summed E-state index contributed by atoms with van der Waals surface area (Å²) in [5.74, 6) is -0.315. The summed E-state index contributed by atoms with van der Waals surface area (Å²) in [6, 6.07) is 9.88. The third-order valence-electron chi connectivity index (χ3n) is 3.68. The van der Waals surface area contributed by atoms with E-state index in [2.05, 4.69) is 15.5 Å². The van der Waals surface area contributed by atoms with Crippen LogP contribution < -0.4 is 5.32 Å². The number of hydrogen-bond donors (Lipinski definition) is 1. The zero-order chi connectivity index (χ0) is 16.4. The van der Waals surface area contributed by atoms with Crippen LogP contribution in [0.15, 0.2) is 47.8 Å². The second-order valence-electron chi connectivity index (χ2n) is 5.69. The number of hydrogen-bond acceptors (Lipinski definition) is 4. The van der Waals surface area contributed by atoms with Crippen LogP contribution in [-0.4, -0.2) is 22.2 Å². The number of nitrogens with one attached hydrogen (secondary N) is 1. The van der Waals surface area contributed by atoms with Crippen molar-refractivity contribution in [3.63, 3.8) is 0 Å². The molecule has 0 aliphatic carbocycles. The Hall–Kier alpha value is -2.76. The number of amides is 1. The Morgan fingerprint density at radius 3 is 2.87 bits per heavy atom. The van der Waals surface area contributed by atoms with Gasteiger partial charge in [-0.25, -0.2) is 9.37 Å². The highest BCUT2D eigenvalue weighted by molar-refractivity contribution is 6.07. The first-order valence-electron chi connectivity index (χ1n) is 7.22. The first-order chi connectivity index (χ1) is 11.0.